The van der Waals surface area contributed by atoms with Crippen molar-refractivity contribution in [3.8, 4) is 0 Å². The minimum absolute atomic E-state index is 0.147. The van der Waals surface area contributed by atoms with Crippen molar-refractivity contribution in [2.24, 2.45) is 28.5 Å². The van der Waals surface area contributed by atoms with Crippen molar-refractivity contribution in [2.75, 3.05) is 13.6 Å². The van der Waals surface area contributed by atoms with E-state index in [1.165, 1.54) is 77.2 Å². The highest BCUT2D eigenvalue weighted by Gasteiger charge is 2.48. The summed E-state index contributed by atoms with van der Waals surface area (Å²) in [5.74, 6) is 2.86. The van der Waals surface area contributed by atoms with E-state index in [4.69, 9.17) is 10.7 Å². The molecule has 28 heavy (non-hydrogen) atoms. The molecular weight excluding hydrogens is 348 g/mol. The largest absolute Gasteiger partial charge is 0.369 e. The number of carbonyl (C=O) groups is 1. The van der Waals surface area contributed by atoms with Gasteiger partial charge in [0.2, 0.25) is 0 Å². The lowest BCUT2D eigenvalue weighted by atomic mass is 9.74. The molecule has 1 unspecified atom stereocenters. The zero-order valence-corrected chi connectivity index (χ0v) is 17.8. The molecule has 3 atom stereocenters. The molecule has 1 aliphatic heterocycles. The van der Waals surface area contributed by atoms with Crippen LogP contribution in [0.5, 0.6) is 0 Å². The Labute approximate surface area is 170 Å². The van der Waals surface area contributed by atoms with Crippen LogP contribution in [0, 0.1) is 17.8 Å². The summed E-state index contributed by atoms with van der Waals surface area (Å²) in [5.41, 5.74) is 5.53. The molecule has 5 nitrogen and oxygen atoms in total. The first kappa shape index (κ1) is 20.2. The van der Waals surface area contributed by atoms with Crippen LogP contribution in [0.4, 0.5) is 0 Å². The molecule has 0 saturated heterocycles. The van der Waals surface area contributed by atoms with Crippen LogP contribution in [-0.4, -0.2) is 41.9 Å². The molecule has 3 aliphatic carbocycles. The molecule has 4 aliphatic rings. The molecule has 3 saturated carbocycles. The van der Waals surface area contributed by atoms with Crippen molar-refractivity contribution >= 4 is 11.9 Å². The molecule has 158 valence electrons. The van der Waals surface area contributed by atoms with Crippen molar-refractivity contribution in [2.45, 2.75) is 101 Å². The highest BCUT2D eigenvalue weighted by Crippen LogP contribution is 2.40. The Morgan fingerprint density at radius 3 is 2.46 bits per heavy atom. The van der Waals surface area contributed by atoms with Crippen molar-refractivity contribution in [3.05, 3.63) is 0 Å². The molecule has 0 spiro atoms. The molecule has 5 heteroatoms. The second-order valence-electron chi connectivity index (χ2n) is 10.2. The number of nitrogens with two attached hydrogens (primary N) is 1. The maximum absolute atomic E-state index is 13.2. The lowest BCUT2D eigenvalue weighted by Gasteiger charge is -2.35. The number of carbonyl (C=O) groups excluding carboxylic acids is 1. The molecule has 1 heterocycles. The van der Waals surface area contributed by atoms with Crippen LogP contribution >= 0.6 is 0 Å². The second-order valence-corrected chi connectivity index (χ2v) is 10.2. The third-order valence-electron chi connectivity index (χ3n) is 7.87. The number of rotatable bonds is 8. The fourth-order valence-electron chi connectivity index (χ4n) is 5.87. The van der Waals surface area contributed by atoms with E-state index in [1.807, 2.05) is 0 Å². The van der Waals surface area contributed by atoms with Gasteiger partial charge in [0.15, 0.2) is 5.96 Å². The third-order valence-corrected chi connectivity index (χ3v) is 7.87. The molecule has 0 aromatic heterocycles. The third kappa shape index (κ3) is 4.72. The maximum atomic E-state index is 13.2. The van der Waals surface area contributed by atoms with Gasteiger partial charge in [-0.25, -0.2) is 4.99 Å². The van der Waals surface area contributed by atoms with Gasteiger partial charge in [0, 0.05) is 13.1 Å². The summed E-state index contributed by atoms with van der Waals surface area (Å²) >= 11 is 0. The molecule has 0 bridgehead atoms. The lowest BCUT2D eigenvalue weighted by Crippen LogP contribution is -2.45. The molecule has 3 N–H and O–H groups in total. The SMILES string of the molecule is CN1C(=O)[C@@](CCC2CCCCC2)(CC2CCC[C@H](NCC3CC3)C2)N=C1N. The van der Waals surface area contributed by atoms with E-state index in [0.29, 0.717) is 17.9 Å². The van der Waals surface area contributed by atoms with Gasteiger partial charge in [-0.3, -0.25) is 9.69 Å². The van der Waals surface area contributed by atoms with Crippen LogP contribution in [0.2, 0.25) is 0 Å². The van der Waals surface area contributed by atoms with E-state index < -0.39 is 5.54 Å². The molecule has 0 aromatic carbocycles. The zero-order chi connectivity index (χ0) is 19.6. The molecule has 3 fully saturated rings. The predicted octanol–water partition coefficient (Wildman–Crippen LogP) is 3.82. The van der Waals surface area contributed by atoms with Crippen molar-refractivity contribution in [1.82, 2.24) is 10.2 Å². The van der Waals surface area contributed by atoms with Crippen LogP contribution in [0.25, 0.3) is 0 Å². The van der Waals surface area contributed by atoms with E-state index >= 15 is 0 Å². The van der Waals surface area contributed by atoms with Crippen LogP contribution in [0.15, 0.2) is 4.99 Å². The summed E-state index contributed by atoms with van der Waals surface area (Å²) in [4.78, 5) is 19.6. The summed E-state index contributed by atoms with van der Waals surface area (Å²) in [6, 6.07) is 0.630. The Balaban J connectivity index is 1.39. The second kappa shape index (κ2) is 8.73. The van der Waals surface area contributed by atoms with Crippen LogP contribution in [0.1, 0.15) is 89.9 Å². The summed E-state index contributed by atoms with van der Waals surface area (Å²) in [5, 5.41) is 3.81. The van der Waals surface area contributed by atoms with Crippen LogP contribution in [0.3, 0.4) is 0 Å². The topological polar surface area (TPSA) is 70.7 Å². The minimum Gasteiger partial charge on any atom is -0.369 e. The van der Waals surface area contributed by atoms with Crippen LogP contribution < -0.4 is 11.1 Å². The van der Waals surface area contributed by atoms with Gasteiger partial charge in [-0.2, -0.15) is 0 Å². The van der Waals surface area contributed by atoms with Crippen molar-refractivity contribution in [1.29, 1.82) is 0 Å². The number of likely N-dealkylation sites (N-methyl/N-ethyl adjacent to an activating group) is 1. The fourth-order valence-corrected chi connectivity index (χ4v) is 5.87. The van der Waals surface area contributed by atoms with E-state index in [9.17, 15) is 4.79 Å². The molecule has 0 aromatic rings. The first-order chi connectivity index (χ1) is 13.6. The first-order valence-corrected chi connectivity index (χ1v) is 11.9. The Bertz CT molecular complexity index is 581. The van der Waals surface area contributed by atoms with Gasteiger partial charge in [-0.05, 0) is 69.2 Å². The van der Waals surface area contributed by atoms with Gasteiger partial charge in [0.1, 0.15) is 5.54 Å². The van der Waals surface area contributed by atoms with Gasteiger partial charge in [-0.1, -0.05) is 44.9 Å². The minimum atomic E-state index is -0.584. The number of hydrogen-bond acceptors (Lipinski definition) is 4. The average molecular weight is 389 g/mol. The number of hydrogen-bond donors (Lipinski definition) is 2. The predicted molar refractivity (Wildman–Crippen MR) is 114 cm³/mol. The molecule has 4 rings (SSSR count). The Morgan fingerprint density at radius 1 is 1.04 bits per heavy atom. The van der Waals surface area contributed by atoms with Gasteiger partial charge in [0.25, 0.3) is 5.91 Å². The summed E-state index contributed by atoms with van der Waals surface area (Å²) in [6.45, 7) is 1.19. The number of aliphatic imine (C=N–C) groups is 1. The van der Waals surface area contributed by atoms with Gasteiger partial charge < -0.3 is 11.1 Å². The standard InChI is InChI=1S/C23H40N4O/c1-27-21(28)23(26-22(27)24,13-12-17-6-3-2-4-7-17)15-19-8-5-9-20(14-19)25-16-18-10-11-18/h17-20,25H,2-16H2,1H3,(H2,24,26)/t19?,20-,23+/m0/s1. The van der Waals surface area contributed by atoms with E-state index in [-0.39, 0.29) is 5.91 Å². The maximum Gasteiger partial charge on any atom is 0.257 e. The monoisotopic (exact) mass is 388 g/mol. The van der Waals surface area contributed by atoms with Crippen LogP contribution in [-0.2, 0) is 4.79 Å². The van der Waals surface area contributed by atoms with Gasteiger partial charge in [-0.15, -0.1) is 0 Å². The zero-order valence-electron chi connectivity index (χ0n) is 17.8. The number of nitrogens with zero attached hydrogens (tertiary/aromatic N) is 2. The van der Waals surface area contributed by atoms with Crippen molar-refractivity contribution < 1.29 is 4.79 Å². The lowest BCUT2D eigenvalue weighted by molar-refractivity contribution is -0.131. The quantitative estimate of drug-likeness (QED) is 0.664. The highest BCUT2D eigenvalue weighted by molar-refractivity contribution is 6.06. The Hall–Kier alpha value is -1.10. The highest BCUT2D eigenvalue weighted by atomic mass is 16.2. The Kier molecular flexibility index (Phi) is 6.29. The fraction of sp³-hybridized carbons (Fsp3) is 0.913. The number of amides is 1. The average Bonchev–Trinajstić information content (AvgIpc) is 3.52. The Morgan fingerprint density at radius 2 is 1.79 bits per heavy atom. The van der Waals surface area contributed by atoms with Gasteiger partial charge >= 0.3 is 0 Å². The molecular formula is C23H40N4O. The van der Waals surface area contributed by atoms with E-state index in [2.05, 4.69) is 5.32 Å². The smallest absolute Gasteiger partial charge is 0.257 e. The first-order valence-electron chi connectivity index (χ1n) is 11.9. The summed E-state index contributed by atoms with van der Waals surface area (Å²) in [6.07, 6.45) is 17.5. The van der Waals surface area contributed by atoms with E-state index in [1.54, 1.807) is 11.9 Å². The number of guanidine groups is 1. The summed E-state index contributed by atoms with van der Waals surface area (Å²) in [7, 11) is 1.80. The van der Waals surface area contributed by atoms with Crippen molar-refractivity contribution in [3.63, 3.8) is 0 Å². The molecule has 0 radical (unpaired) electrons. The molecule has 1 amide bonds. The summed E-state index contributed by atoms with van der Waals surface area (Å²) < 4.78 is 0. The van der Waals surface area contributed by atoms with Gasteiger partial charge in [0.05, 0.1) is 0 Å². The van der Waals surface area contributed by atoms with E-state index in [0.717, 1.165) is 31.1 Å². The normalized spacial score (nSPS) is 34.7. The number of nitrogens with one attached hydrogen (secondary N) is 1.